The summed E-state index contributed by atoms with van der Waals surface area (Å²) in [6.45, 7) is 1.74. The second-order valence-electron chi connectivity index (χ2n) is 7.02. The van der Waals surface area contributed by atoms with Crippen molar-refractivity contribution in [2.45, 2.75) is 62.2 Å². The SMILES string of the molecule is O=C1NC2(CCNC2)C(=O)N1CC1CCC2(CCCC2)O1. The molecule has 0 aromatic carbocycles. The van der Waals surface area contributed by atoms with Gasteiger partial charge in [-0.3, -0.25) is 9.69 Å². The minimum absolute atomic E-state index is 0.0160. The van der Waals surface area contributed by atoms with Crippen molar-refractivity contribution in [3.8, 4) is 0 Å². The van der Waals surface area contributed by atoms with Gasteiger partial charge in [0.05, 0.1) is 18.2 Å². The summed E-state index contributed by atoms with van der Waals surface area (Å²) >= 11 is 0. The Morgan fingerprint density at radius 1 is 1.19 bits per heavy atom. The summed E-state index contributed by atoms with van der Waals surface area (Å²) in [5, 5.41) is 6.05. The highest BCUT2D eigenvalue weighted by Gasteiger charge is 2.53. The summed E-state index contributed by atoms with van der Waals surface area (Å²) in [6.07, 6.45) is 7.49. The lowest BCUT2D eigenvalue weighted by molar-refractivity contribution is -0.132. The molecule has 2 atom stereocenters. The van der Waals surface area contributed by atoms with Crippen LogP contribution in [0.4, 0.5) is 4.79 Å². The first kappa shape index (κ1) is 13.5. The Balaban J connectivity index is 1.43. The molecule has 0 bridgehead atoms. The van der Waals surface area contributed by atoms with Crippen LogP contribution in [-0.4, -0.2) is 53.7 Å². The molecule has 116 valence electrons. The number of urea groups is 1. The second kappa shape index (κ2) is 4.68. The smallest absolute Gasteiger partial charge is 0.325 e. The Morgan fingerprint density at radius 3 is 2.71 bits per heavy atom. The van der Waals surface area contributed by atoms with Crippen molar-refractivity contribution in [2.24, 2.45) is 0 Å². The molecule has 0 aromatic heterocycles. The van der Waals surface area contributed by atoms with Gasteiger partial charge < -0.3 is 15.4 Å². The zero-order valence-electron chi connectivity index (χ0n) is 12.3. The normalized spacial score (nSPS) is 38.1. The minimum atomic E-state index is -0.694. The zero-order chi connectivity index (χ0) is 14.5. The third-order valence-corrected chi connectivity index (χ3v) is 5.64. The molecule has 4 rings (SSSR count). The number of carbonyl (C=O) groups is 2. The van der Waals surface area contributed by atoms with Crippen LogP contribution in [0.25, 0.3) is 0 Å². The summed E-state index contributed by atoms with van der Waals surface area (Å²) < 4.78 is 6.23. The highest BCUT2D eigenvalue weighted by molar-refractivity contribution is 6.07. The number of ether oxygens (including phenoxy) is 1. The van der Waals surface area contributed by atoms with Crippen LogP contribution in [0.3, 0.4) is 0 Å². The molecule has 21 heavy (non-hydrogen) atoms. The summed E-state index contributed by atoms with van der Waals surface area (Å²) in [5.74, 6) is -0.0755. The van der Waals surface area contributed by atoms with E-state index in [1.807, 2.05) is 0 Å². The number of hydrogen-bond acceptors (Lipinski definition) is 4. The lowest BCUT2D eigenvalue weighted by Crippen LogP contribution is -2.49. The van der Waals surface area contributed by atoms with E-state index in [1.165, 1.54) is 17.7 Å². The van der Waals surface area contributed by atoms with E-state index in [0.717, 1.165) is 32.2 Å². The first-order chi connectivity index (χ1) is 10.1. The van der Waals surface area contributed by atoms with Crippen LogP contribution in [0, 0.1) is 0 Å². The van der Waals surface area contributed by atoms with E-state index in [0.29, 0.717) is 19.5 Å². The largest absolute Gasteiger partial charge is 0.370 e. The topological polar surface area (TPSA) is 70.7 Å². The molecule has 0 radical (unpaired) electrons. The molecular weight excluding hydrogens is 270 g/mol. The van der Waals surface area contributed by atoms with Crippen LogP contribution in [0.2, 0.25) is 0 Å². The van der Waals surface area contributed by atoms with Crippen molar-refractivity contribution in [3.05, 3.63) is 0 Å². The quantitative estimate of drug-likeness (QED) is 0.738. The van der Waals surface area contributed by atoms with Crippen molar-refractivity contribution in [1.82, 2.24) is 15.5 Å². The summed E-state index contributed by atoms with van der Waals surface area (Å²) in [4.78, 5) is 26.1. The van der Waals surface area contributed by atoms with Gasteiger partial charge in [-0.05, 0) is 38.6 Å². The second-order valence-corrected chi connectivity index (χ2v) is 7.02. The predicted molar refractivity (Wildman–Crippen MR) is 75.8 cm³/mol. The molecule has 6 nitrogen and oxygen atoms in total. The molecule has 4 aliphatic rings. The highest BCUT2D eigenvalue weighted by Crippen LogP contribution is 2.43. The Labute approximate surface area is 124 Å². The van der Waals surface area contributed by atoms with E-state index in [1.54, 1.807) is 0 Å². The number of nitrogens with one attached hydrogen (secondary N) is 2. The number of rotatable bonds is 2. The maximum atomic E-state index is 12.6. The number of hydrogen-bond donors (Lipinski definition) is 2. The van der Waals surface area contributed by atoms with E-state index < -0.39 is 5.54 Å². The van der Waals surface area contributed by atoms with E-state index in [9.17, 15) is 9.59 Å². The summed E-state index contributed by atoms with van der Waals surface area (Å²) in [6, 6.07) is -0.250. The molecule has 2 spiro atoms. The lowest BCUT2D eigenvalue weighted by atomic mass is 9.98. The first-order valence-corrected chi connectivity index (χ1v) is 8.15. The Kier molecular flexibility index (Phi) is 3.01. The third kappa shape index (κ3) is 2.07. The monoisotopic (exact) mass is 293 g/mol. The Morgan fingerprint density at radius 2 is 2.00 bits per heavy atom. The highest BCUT2D eigenvalue weighted by atomic mass is 16.5. The fraction of sp³-hybridized carbons (Fsp3) is 0.867. The first-order valence-electron chi connectivity index (χ1n) is 8.15. The summed E-state index contributed by atoms with van der Waals surface area (Å²) in [5.41, 5.74) is -0.642. The standard InChI is InChI=1S/C15H23N3O3/c19-12-15(7-8-16-10-15)17-13(20)18(12)9-11-3-6-14(21-11)4-1-2-5-14/h11,16H,1-10H2,(H,17,20). The van der Waals surface area contributed by atoms with E-state index in [-0.39, 0.29) is 23.6 Å². The number of imide groups is 1. The van der Waals surface area contributed by atoms with E-state index >= 15 is 0 Å². The van der Waals surface area contributed by atoms with Gasteiger partial charge in [0.1, 0.15) is 5.54 Å². The van der Waals surface area contributed by atoms with Crippen LogP contribution in [0.15, 0.2) is 0 Å². The molecular formula is C15H23N3O3. The van der Waals surface area contributed by atoms with E-state index in [2.05, 4.69) is 10.6 Å². The fourth-order valence-electron chi connectivity index (χ4n) is 4.44. The molecule has 2 unspecified atom stereocenters. The molecule has 3 amide bonds. The number of amides is 3. The third-order valence-electron chi connectivity index (χ3n) is 5.64. The van der Waals surface area contributed by atoms with Gasteiger partial charge in [0, 0.05) is 6.54 Å². The zero-order valence-corrected chi connectivity index (χ0v) is 12.3. The van der Waals surface area contributed by atoms with Gasteiger partial charge in [-0.15, -0.1) is 0 Å². The van der Waals surface area contributed by atoms with Crippen LogP contribution in [0.5, 0.6) is 0 Å². The van der Waals surface area contributed by atoms with Crippen molar-refractivity contribution in [3.63, 3.8) is 0 Å². The van der Waals surface area contributed by atoms with E-state index in [4.69, 9.17) is 4.74 Å². The molecule has 1 aliphatic carbocycles. The van der Waals surface area contributed by atoms with Gasteiger partial charge >= 0.3 is 6.03 Å². The van der Waals surface area contributed by atoms with Crippen molar-refractivity contribution in [2.75, 3.05) is 19.6 Å². The van der Waals surface area contributed by atoms with Crippen LogP contribution >= 0.6 is 0 Å². The molecule has 0 aromatic rings. The number of nitrogens with zero attached hydrogens (tertiary/aromatic N) is 1. The van der Waals surface area contributed by atoms with Crippen LogP contribution < -0.4 is 10.6 Å². The molecule has 2 N–H and O–H groups in total. The van der Waals surface area contributed by atoms with Crippen molar-refractivity contribution in [1.29, 1.82) is 0 Å². The lowest BCUT2D eigenvalue weighted by Gasteiger charge is -2.25. The Hall–Kier alpha value is -1.14. The van der Waals surface area contributed by atoms with Gasteiger partial charge in [0.15, 0.2) is 0 Å². The fourth-order valence-corrected chi connectivity index (χ4v) is 4.44. The molecule has 3 aliphatic heterocycles. The maximum absolute atomic E-state index is 12.6. The van der Waals surface area contributed by atoms with Gasteiger partial charge in [-0.1, -0.05) is 12.8 Å². The molecule has 6 heteroatoms. The van der Waals surface area contributed by atoms with Gasteiger partial charge in [0.25, 0.3) is 5.91 Å². The molecule has 1 saturated carbocycles. The van der Waals surface area contributed by atoms with Gasteiger partial charge in [-0.2, -0.15) is 0 Å². The predicted octanol–water partition coefficient (Wildman–Crippen LogP) is 0.762. The molecule has 4 fully saturated rings. The van der Waals surface area contributed by atoms with Crippen molar-refractivity contribution < 1.29 is 14.3 Å². The molecule has 3 saturated heterocycles. The summed E-state index contributed by atoms with van der Waals surface area (Å²) in [7, 11) is 0. The molecule has 3 heterocycles. The number of carbonyl (C=O) groups excluding carboxylic acids is 2. The Bertz CT molecular complexity index is 467. The minimum Gasteiger partial charge on any atom is -0.370 e. The maximum Gasteiger partial charge on any atom is 0.325 e. The van der Waals surface area contributed by atoms with Gasteiger partial charge in [0.2, 0.25) is 0 Å². The van der Waals surface area contributed by atoms with Crippen LogP contribution in [0.1, 0.15) is 44.9 Å². The van der Waals surface area contributed by atoms with Crippen LogP contribution in [-0.2, 0) is 9.53 Å². The average molecular weight is 293 g/mol. The van der Waals surface area contributed by atoms with Crippen molar-refractivity contribution >= 4 is 11.9 Å². The average Bonchev–Trinajstić information content (AvgIpc) is 3.22. The van der Waals surface area contributed by atoms with Gasteiger partial charge in [-0.25, -0.2) is 4.79 Å².